The Morgan fingerprint density at radius 3 is 2.78 bits per heavy atom. The number of hydrogen-bond donors (Lipinski definition) is 0. The van der Waals surface area contributed by atoms with Crippen molar-refractivity contribution in [1.82, 2.24) is 0 Å². The molecule has 0 amide bonds. The Morgan fingerprint density at radius 2 is 2.17 bits per heavy atom. The van der Waals surface area contributed by atoms with Crippen LogP contribution in [-0.4, -0.2) is 30.8 Å². The first-order valence-corrected chi connectivity index (χ1v) is 7.09. The summed E-state index contributed by atoms with van der Waals surface area (Å²) in [5.41, 5.74) is 2.33. The number of benzene rings is 1. The molecule has 0 aliphatic carbocycles. The molecule has 0 N–H and O–H groups in total. The normalized spacial score (nSPS) is 11.4. The molecule has 0 spiro atoms. The quantitative estimate of drug-likeness (QED) is 0.465. The standard InChI is InChI=1S/C14H20N2OS/c1-4-9-15-14(18-11-10-17)16(3)13-8-6-5-7-12(13)2/h5-8,10H,4,9,11H2,1-3H3. The molecule has 0 aromatic heterocycles. The topological polar surface area (TPSA) is 32.7 Å². The number of rotatable bonds is 5. The number of para-hydroxylation sites is 1. The Bertz CT molecular complexity index is 418. The van der Waals surface area contributed by atoms with Crippen LogP contribution in [0.4, 0.5) is 5.69 Å². The predicted octanol–water partition coefficient (Wildman–Crippen LogP) is 3.13. The third-order valence-corrected chi connectivity index (χ3v) is 3.48. The van der Waals surface area contributed by atoms with Gasteiger partial charge >= 0.3 is 0 Å². The number of aldehydes is 1. The van der Waals surface area contributed by atoms with Crippen molar-refractivity contribution in [3.8, 4) is 0 Å². The predicted molar refractivity (Wildman–Crippen MR) is 80.7 cm³/mol. The largest absolute Gasteiger partial charge is 0.324 e. The molecule has 0 fully saturated rings. The van der Waals surface area contributed by atoms with E-state index in [9.17, 15) is 4.79 Å². The van der Waals surface area contributed by atoms with Crippen LogP contribution in [0.2, 0.25) is 0 Å². The highest BCUT2D eigenvalue weighted by atomic mass is 32.2. The highest BCUT2D eigenvalue weighted by Gasteiger charge is 2.10. The van der Waals surface area contributed by atoms with Crippen molar-refractivity contribution in [3.63, 3.8) is 0 Å². The van der Waals surface area contributed by atoms with E-state index in [1.54, 1.807) is 0 Å². The van der Waals surface area contributed by atoms with Crippen LogP contribution in [0.3, 0.4) is 0 Å². The van der Waals surface area contributed by atoms with Crippen LogP contribution in [0.25, 0.3) is 0 Å². The van der Waals surface area contributed by atoms with Crippen molar-refractivity contribution in [1.29, 1.82) is 0 Å². The lowest BCUT2D eigenvalue weighted by Gasteiger charge is -2.22. The summed E-state index contributed by atoms with van der Waals surface area (Å²) < 4.78 is 0. The number of hydrogen-bond acceptors (Lipinski definition) is 3. The van der Waals surface area contributed by atoms with E-state index in [1.807, 2.05) is 19.2 Å². The number of nitrogens with zero attached hydrogens (tertiary/aromatic N) is 2. The fourth-order valence-electron chi connectivity index (χ4n) is 1.61. The molecule has 0 unspecified atom stereocenters. The lowest BCUT2D eigenvalue weighted by molar-refractivity contribution is -0.105. The Morgan fingerprint density at radius 1 is 1.44 bits per heavy atom. The molecule has 0 saturated carbocycles. The van der Waals surface area contributed by atoms with E-state index < -0.39 is 0 Å². The van der Waals surface area contributed by atoms with Crippen molar-refractivity contribution in [2.45, 2.75) is 20.3 Å². The first kappa shape index (κ1) is 14.8. The van der Waals surface area contributed by atoms with Crippen LogP contribution in [0, 0.1) is 6.92 Å². The van der Waals surface area contributed by atoms with E-state index >= 15 is 0 Å². The monoisotopic (exact) mass is 264 g/mol. The molecule has 98 valence electrons. The number of aryl methyl sites for hydroxylation is 1. The SMILES string of the molecule is CCCN=C(SCC=O)N(C)c1ccccc1C. The molecule has 3 nitrogen and oxygen atoms in total. The average Bonchev–Trinajstić information content (AvgIpc) is 2.39. The number of aliphatic imine (C=N–C) groups is 1. The molecule has 1 aromatic carbocycles. The Labute approximate surface area is 113 Å². The van der Waals surface area contributed by atoms with Gasteiger partial charge in [0.15, 0.2) is 5.17 Å². The molecule has 0 aliphatic rings. The Kier molecular flexibility index (Phi) is 6.50. The van der Waals surface area contributed by atoms with Crippen molar-refractivity contribution < 1.29 is 4.79 Å². The van der Waals surface area contributed by atoms with Gasteiger partial charge < -0.3 is 9.69 Å². The average molecular weight is 264 g/mol. The highest BCUT2D eigenvalue weighted by molar-refractivity contribution is 8.14. The van der Waals surface area contributed by atoms with Crippen molar-refractivity contribution >= 4 is 28.9 Å². The maximum Gasteiger partial charge on any atom is 0.163 e. The fourth-order valence-corrected chi connectivity index (χ4v) is 2.30. The number of thioether (sulfide) groups is 1. The highest BCUT2D eigenvalue weighted by Crippen LogP contribution is 2.21. The zero-order chi connectivity index (χ0) is 13.4. The molecule has 0 radical (unpaired) electrons. The minimum Gasteiger partial charge on any atom is -0.324 e. The zero-order valence-corrected chi connectivity index (χ0v) is 12.0. The molecule has 0 aliphatic heterocycles. The smallest absolute Gasteiger partial charge is 0.163 e. The third-order valence-electron chi connectivity index (χ3n) is 2.51. The number of carbonyl (C=O) groups excluding carboxylic acids is 1. The summed E-state index contributed by atoms with van der Waals surface area (Å²) in [5, 5.41) is 0.901. The van der Waals surface area contributed by atoms with E-state index in [0.29, 0.717) is 5.75 Å². The fraction of sp³-hybridized carbons (Fsp3) is 0.429. The molecular formula is C14H20N2OS. The summed E-state index contributed by atoms with van der Waals surface area (Å²) in [4.78, 5) is 17.1. The van der Waals surface area contributed by atoms with E-state index in [0.717, 1.165) is 30.1 Å². The molecule has 1 aromatic rings. The molecule has 0 atom stereocenters. The van der Waals surface area contributed by atoms with Gasteiger partial charge in [0.2, 0.25) is 0 Å². The van der Waals surface area contributed by atoms with Gasteiger partial charge in [0.1, 0.15) is 6.29 Å². The minimum absolute atomic E-state index is 0.443. The molecule has 0 heterocycles. The van der Waals surface area contributed by atoms with E-state index in [-0.39, 0.29) is 0 Å². The van der Waals surface area contributed by atoms with Crippen molar-refractivity contribution in [2.75, 3.05) is 24.2 Å². The summed E-state index contributed by atoms with van der Waals surface area (Å²) in [6.07, 6.45) is 1.92. The number of carbonyl (C=O) groups is 1. The molecule has 1 rings (SSSR count). The van der Waals surface area contributed by atoms with Gasteiger partial charge in [-0.05, 0) is 25.0 Å². The van der Waals surface area contributed by atoms with Gasteiger partial charge in [-0.3, -0.25) is 4.99 Å². The maximum atomic E-state index is 10.5. The Balaban J connectivity index is 2.91. The lowest BCUT2D eigenvalue weighted by Crippen LogP contribution is -2.25. The third kappa shape index (κ3) is 4.18. The molecule has 18 heavy (non-hydrogen) atoms. The second-order valence-electron chi connectivity index (χ2n) is 3.99. The summed E-state index contributed by atoms with van der Waals surface area (Å²) in [7, 11) is 1.99. The van der Waals surface area contributed by atoms with Crippen molar-refractivity contribution in [2.24, 2.45) is 4.99 Å². The maximum absolute atomic E-state index is 10.5. The van der Waals surface area contributed by atoms with Crippen LogP contribution in [0.5, 0.6) is 0 Å². The zero-order valence-electron chi connectivity index (χ0n) is 11.2. The first-order chi connectivity index (χ1) is 8.70. The molecule has 4 heteroatoms. The van der Waals surface area contributed by atoms with Crippen LogP contribution in [0.1, 0.15) is 18.9 Å². The number of amidine groups is 1. The van der Waals surface area contributed by atoms with Crippen molar-refractivity contribution in [3.05, 3.63) is 29.8 Å². The Hall–Kier alpha value is -1.29. The van der Waals surface area contributed by atoms with Crippen LogP contribution in [0.15, 0.2) is 29.3 Å². The molecule has 0 saturated heterocycles. The summed E-state index contributed by atoms with van der Waals surface area (Å²) >= 11 is 1.48. The van der Waals surface area contributed by atoms with Gasteiger partial charge in [0.05, 0.1) is 5.75 Å². The van der Waals surface area contributed by atoms with Gasteiger partial charge in [0, 0.05) is 19.3 Å². The first-order valence-electron chi connectivity index (χ1n) is 6.11. The van der Waals surface area contributed by atoms with Gasteiger partial charge in [0.25, 0.3) is 0 Å². The van der Waals surface area contributed by atoms with Gasteiger partial charge in [-0.2, -0.15) is 0 Å². The van der Waals surface area contributed by atoms with E-state index in [4.69, 9.17) is 0 Å². The summed E-state index contributed by atoms with van der Waals surface area (Å²) in [6, 6.07) is 8.18. The van der Waals surface area contributed by atoms with Gasteiger partial charge in [-0.1, -0.05) is 36.9 Å². The second kappa shape index (κ2) is 7.93. The second-order valence-corrected chi connectivity index (χ2v) is 4.97. The van der Waals surface area contributed by atoms with Crippen LogP contribution < -0.4 is 4.90 Å². The summed E-state index contributed by atoms with van der Waals surface area (Å²) in [5.74, 6) is 0.443. The van der Waals surface area contributed by atoms with Gasteiger partial charge in [-0.25, -0.2) is 0 Å². The lowest BCUT2D eigenvalue weighted by atomic mass is 10.2. The molecular weight excluding hydrogens is 244 g/mol. The summed E-state index contributed by atoms with van der Waals surface area (Å²) in [6.45, 7) is 4.96. The molecule has 0 bridgehead atoms. The minimum atomic E-state index is 0.443. The van der Waals surface area contributed by atoms with Crippen LogP contribution in [-0.2, 0) is 4.79 Å². The number of anilines is 1. The van der Waals surface area contributed by atoms with E-state index in [2.05, 4.69) is 35.9 Å². The van der Waals surface area contributed by atoms with Gasteiger partial charge in [-0.15, -0.1) is 0 Å². The van der Waals surface area contributed by atoms with E-state index in [1.165, 1.54) is 17.3 Å². The van der Waals surface area contributed by atoms with Crippen LogP contribution >= 0.6 is 11.8 Å².